The minimum absolute atomic E-state index is 0.251. The number of benzene rings is 1. The third kappa shape index (κ3) is 1.91. The van der Waals surface area contributed by atoms with Crippen molar-refractivity contribution < 1.29 is 5.11 Å². The molecule has 0 bridgehead atoms. The first-order valence-electron chi connectivity index (χ1n) is 5.16. The molecule has 1 aromatic carbocycles. The van der Waals surface area contributed by atoms with Crippen molar-refractivity contribution in [2.75, 3.05) is 0 Å². The topological polar surface area (TPSA) is 37.5 Å². The van der Waals surface area contributed by atoms with Gasteiger partial charge in [0.25, 0.3) is 0 Å². The number of aromatic hydroxyl groups is 1. The number of phenolic OH excluding ortho intramolecular Hbond substituents is 1. The highest BCUT2D eigenvalue weighted by Gasteiger charge is 2.04. The van der Waals surface area contributed by atoms with Crippen molar-refractivity contribution >= 4 is 21.6 Å². The van der Waals surface area contributed by atoms with Crippen LogP contribution < -0.4 is 0 Å². The lowest BCUT2D eigenvalue weighted by Crippen LogP contribution is -1.79. The second kappa shape index (κ2) is 3.89. The van der Waals surface area contributed by atoms with E-state index in [0.717, 1.165) is 21.4 Å². The third-order valence-corrected chi connectivity index (χ3v) is 3.06. The molecule has 4 heteroatoms. The lowest BCUT2D eigenvalue weighted by Gasteiger charge is -1.96. The summed E-state index contributed by atoms with van der Waals surface area (Å²) in [6.45, 7) is 0. The molecule has 3 nitrogen and oxygen atoms in total. The molecule has 2 heterocycles. The molecule has 0 fully saturated rings. The predicted octanol–water partition coefficient (Wildman–Crippen LogP) is 3.47. The molecule has 0 saturated carbocycles. The van der Waals surface area contributed by atoms with Crippen LogP contribution >= 0.6 is 15.9 Å². The summed E-state index contributed by atoms with van der Waals surface area (Å²) in [5, 5.41) is 9.45. The van der Waals surface area contributed by atoms with Crippen LogP contribution in [0, 0.1) is 0 Å². The number of fused-ring (bicyclic) bond motifs is 1. The highest BCUT2D eigenvalue weighted by molar-refractivity contribution is 9.10. The van der Waals surface area contributed by atoms with Crippen LogP contribution in [-0.2, 0) is 0 Å². The Bertz CT molecular complexity index is 691. The van der Waals surface area contributed by atoms with E-state index < -0.39 is 0 Å². The summed E-state index contributed by atoms with van der Waals surface area (Å²) in [5.41, 5.74) is 2.63. The van der Waals surface area contributed by atoms with Crippen molar-refractivity contribution in [1.82, 2.24) is 9.38 Å². The molecule has 0 aliphatic rings. The van der Waals surface area contributed by atoms with Crippen LogP contribution in [0.3, 0.4) is 0 Å². The van der Waals surface area contributed by atoms with E-state index >= 15 is 0 Å². The maximum atomic E-state index is 9.45. The molecule has 17 heavy (non-hydrogen) atoms. The minimum atomic E-state index is 0.251. The monoisotopic (exact) mass is 288 g/mol. The molecule has 0 amide bonds. The number of halogens is 1. The van der Waals surface area contributed by atoms with Gasteiger partial charge in [0.05, 0.1) is 5.69 Å². The first kappa shape index (κ1) is 10.4. The van der Waals surface area contributed by atoms with Gasteiger partial charge >= 0.3 is 0 Å². The molecule has 0 saturated heterocycles. The second-order valence-electron chi connectivity index (χ2n) is 3.79. The van der Waals surface area contributed by atoms with Crippen molar-refractivity contribution in [3.8, 4) is 17.0 Å². The highest BCUT2D eigenvalue weighted by atomic mass is 79.9. The van der Waals surface area contributed by atoms with Crippen molar-refractivity contribution in [3.63, 3.8) is 0 Å². The van der Waals surface area contributed by atoms with Crippen LogP contribution in [0.1, 0.15) is 0 Å². The van der Waals surface area contributed by atoms with E-state index in [-0.39, 0.29) is 5.75 Å². The first-order valence-corrected chi connectivity index (χ1v) is 5.95. The van der Waals surface area contributed by atoms with Crippen LogP contribution in [0.4, 0.5) is 0 Å². The molecule has 3 aromatic rings. The minimum Gasteiger partial charge on any atom is -0.508 e. The molecule has 0 atom stereocenters. The van der Waals surface area contributed by atoms with E-state index in [9.17, 15) is 5.11 Å². The fraction of sp³-hybridized carbons (Fsp3) is 0. The van der Waals surface area contributed by atoms with E-state index in [1.807, 2.05) is 41.1 Å². The van der Waals surface area contributed by atoms with Gasteiger partial charge in [0.15, 0.2) is 0 Å². The van der Waals surface area contributed by atoms with E-state index in [1.165, 1.54) is 0 Å². The van der Waals surface area contributed by atoms with Gasteiger partial charge in [-0.2, -0.15) is 0 Å². The molecule has 0 spiro atoms. The summed E-state index contributed by atoms with van der Waals surface area (Å²) in [7, 11) is 0. The van der Waals surface area contributed by atoms with E-state index in [4.69, 9.17) is 0 Å². The average Bonchev–Trinajstić information content (AvgIpc) is 2.72. The van der Waals surface area contributed by atoms with Gasteiger partial charge in [-0.05, 0) is 24.3 Å². The Labute approximate surface area is 106 Å². The van der Waals surface area contributed by atoms with Gasteiger partial charge in [0, 0.05) is 22.4 Å². The van der Waals surface area contributed by atoms with Gasteiger partial charge < -0.3 is 9.51 Å². The average molecular weight is 289 g/mol. The van der Waals surface area contributed by atoms with Crippen LogP contribution in [0.2, 0.25) is 0 Å². The smallest absolute Gasteiger partial charge is 0.138 e. The van der Waals surface area contributed by atoms with Crippen LogP contribution in [0.25, 0.3) is 16.9 Å². The molecular weight excluding hydrogens is 280 g/mol. The number of hydrogen-bond donors (Lipinski definition) is 1. The van der Waals surface area contributed by atoms with Gasteiger partial charge in [-0.15, -0.1) is 0 Å². The number of nitrogens with zero attached hydrogens (tertiary/aromatic N) is 2. The van der Waals surface area contributed by atoms with Gasteiger partial charge in [0.2, 0.25) is 0 Å². The van der Waals surface area contributed by atoms with Crippen LogP contribution in [0.15, 0.2) is 53.3 Å². The predicted molar refractivity (Wildman–Crippen MR) is 70.0 cm³/mol. The maximum Gasteiger partial charge on any atom is 0.138 e. The molecule has 0 aliphatic heterocycles. The number of pyridine rings is 1. The zero-order valence-electron chi connectivity index (χ0n) is 8.84. The Kier molecular flexibility index (Phi) is 2.37. The zero-order valence-corrected chi connectivity index (χ0v) is 10.4. The number of rotatable bonds is 1. The Morgan fingerprint density at radius 3 is 2.88 bits per heavy atom. The first-order chi connectivity index (χ1) is 8.22. The molecule has 1 N–H and O–H groups in total. The summed E-state index contributed by atoms with van der Waals surface area (Å²) in [4.78, 5) is 4.51. The molecule has 2 aromatic heterocycles. The molecule has 84 valence electrons. The van der Waals surface area contributed by atoms with Gasteiger partial charge in [-0.25, -0.2) is 4.98 Å². The number of aromatic nitrogens is 2. The van der Waals surface area contributed by atoms with E-state index in [2.05, 4.69) is 20.9 Å². The number of hydrogen-bond acceptors (Lipinski definition) is 2. The standard InChI is InChI=1S/C13H9BrN2O/c14-10-4-5-16-8-12(15-13(16)7-10)9-2-1-3-11(17)6-9/h1-8,17H. The fourth-order valence-corrected chi connectivity index (χ4v) is 2.08. The van der Waals surface area contributed by atoms with Gasteiger partial charge in [-0.3, -0.25) is 0 Å². The third-order valence-electron chi connectivity index (χ3n) is 2.56. The summed E-state index contributed by atoms with van der Waals surface area (Å²) in [6.07, 6.45) is 3.88. The molecule has 3 rings (SSSR count). The maximum absolute atomic E-state index is 9.45. The lowest BCUT2D eigenvalue weighted by molar-refractivity contribution is 0.475. The van der Waals surface area contributed by atoms with Crippen LogP contribution in [-0.4, -0.2) is 14.5 Å². The van der Waals surface area contributed by atoms with Crippen molar-refractivity contribution in [3.05, 3.63) is 53.3 Å². The lowest BCUT2D eigenvalue weighted by atomic mass is 10.2. The van der Waals surface area contributed by atoms with Gasteiger partial charge in [0.1, 0.15) is 11.4 Å². The van der Waals surface area contributed by atoms with Crippen molar-refractivity contribution in [2.24, 2.45) is 0 Å². The second-order valence-corrected chi connectivity index (χ2v) is 4.70. The SMILES string of the molecule is Oc1cccc(-c2cn3ccc(Br)cc3n2)c1. The fourth-order valence-electron chi connectivity index (χ4n) is 1.76. The summed E-state index contributed by atoms with van der Waals surface area (Å²) in [6, 6.07) is 11.0. The normalized spacial score (nSPS) is 10.9. The Hall–Kier alpha value is -1.81. The summed E-state index contributed by atoms with van der Waals surface area (Å²) in [5.74, 6) is 0.251. The summed E-state index contributed by atoms with van der Waals surface area (Å²) >= 11 is 3.42. The van der Waals surface area contributed by atoms with Crippen molar-refractivity contribution in [1.29, 1.82) is 0 Å². The van der Waals surface area contributed by atoms with Gasteiger partial charge in [-0.1, -0.05) is 28.1 Å². The Morgan fingerprint density at radius 1 is 1.18 bits per heavy atom. The van der Waals surface area contributed by atoms with Crippen LogP contribution in [0.5, 0.6) is 5.75 Å². The molecule has 0 aliphatic carbocycles. The molecular formula is C13H9BrN2O. The number of imidazole rings is 1. The summed E-state index contributed by atoms with van der Waals surface area (Å²) < 4.78 is 2.95. The largest absolute Gasteiger partial charge is 0.508 e. The quantitative estimate of drug-likeness (QED) is 0.744. The number of phenols is 1. The van der Waals surface area contributed by atoms with E-state index in [1.54, 1.807) is 12.1 Å². The van der Waals surface area contributed by atoms with E-state index in [0.29, 0.717) is 0 Å². The zero-order chi connectivity index (χ0) is 11.8. The molecule has 0 unspecified atom stereocenters. The molecule has 0 radical (unpaired) electrons. The Balaban J connectivity index is 2.18. The van der Waals surface area contributed by atoms with Crippen molar-refractivity contribution in [2.45, 2.75) is 0 Å². The highest BCUT2D eigenvalue weighted by Crippen LogP contribution is 2.23. The Morgan fingerprint density at radius 2 is 2.06 bits per heavy atom.